The summed E-state index contributed by atoms with van der Waals surface area (Å²) in [5.74, 6) is 0.553. The van der Waals surface area contributed by atoms with Crippen LogP contribution in [0.15, 0.2) is 5.18 Å². The van der Waals surface area contributed by atoms with Crippen molar-refractivity contribution in [3.63, 3.8) is 0 Å². The fourth-order valence-corrected chi connectivity index (χ4v) is 1.04. The Morgan fingerprint density at radius 2 is 1.89 bits per heavy atom. The van der Waals surface area contributed by atoms with E-state index in [1.807, 2.05) is 13.8 Å². The predicted molar refractivity (Wildman–Crippen MR) is 39.3 cm³/mol. The van der Waals surface area contributed by atoms with Crippen LogP contribution in [0.25, 0.3) is 0 Å². The zero-order valence-electron chi connectivity index (χ0n) is 6.64. The van der Waals surface area contributed by atoms with E-state index in [2.05, 4.69) is 19.0 Å². The van der Waals surface area contributed by atoms with E-state index in [4.69, 9.17) is 0 Å². The lowest BCUT2D eigenvalue weighted by Gasteiger charge is -2.16. The highest BCUT2D eigenvalue weighted by atomic mass is 16.3. The van der Waals surface area contributed by atoms with Gasteiger partial charge in [-0.25, -0.2) is 0 Å². The smallest absolute Gasteiger partial charge is 0.0973 e. The van der Waals surface area contributed by atoms with Crippen LogP contribution in [0.5, 0.6) is 0 Å². The van der Waals surface area contributed by atoms with E-state index in [1.165, 1.54) is 0 Å². The van der Waals surface area contributed by atoms with E-state index < -0.39 is 0 Å². The van der Waals surface area contributed by atoms with Gasteiger partial charge in [0.1, 0.15) is 0 Å². The summed E-state index contributed by atoms with van der Waals surface area (Å²) in [7, 11) is 0. The Morgan fingerprint density at radius 1 is 1.44 bits per heavy atom. The maximum absolute atomic E-state index is 10.1. The van der Waals surface area contributed by atoms with E-state index in [9.17, 15) is 4.91 Å². The van der Waals surface area contributed by atoms with Gasteiger partial charge in [-0.1, -0.05) is 19.0 Å². The molecule has 0 radical (unpaired) electrons. The summed E-state index contributed by atoms with van der Waals surface area (Å²) in [6.45, 7) is 7.90. The highest BCUT2D eigenvalue weighted by molar-refractivity contribution is 4.77. The van der Waals surface area contributed by atoms with Gasteiger partial charge >= 0.3 is 0 Å². The van der Waals surface area contributed by atoms with Gasteiger partial charge in [-0.05, 0) is 26.2 Å². The van der Waals surface area contributed by atoms with Gasteiger partial charge in [-0.3, -0.25) is 0 Å². The first kappa shape index (κ1) is 8.60. The lowest BCUT2D eigenvalue weighted by molar-refractivity contribution is 0.400. The first-order chi connectivity index (χ1) is 3.98. The molecule has 0 N–H and O–H groups in total. The van der Waals surface area contributed by atoms with Gasteiger partial charge in [0.05, 0.1) is 5.54 Å². The molecule has 0 aromatic heterocycles. The monoisotopic (exact) mass is 129 g/mol. The number of nitroso groups, excluding NO2 is 1. The fourth-order valence-electron chi connectivity index (χ4n) is 1.04. The zero-order chi connectivity index (χ0) is 7.49. The summed E-state index contributed by atoms with van der Waals surface area (Å²) < 4.78 is 0. The molecule has 0 aliphatic carbocycles. The molecular weight excluding hydrogens is 114 g/mol. The van der Waals surface area contributed by atoms with Crippen LogP contribution in [0.1, 0.15) is 34.1 Å². The van der Waals surface area contributed by atoms with E-state index in [0.717, 1.165) is 6.42 Å². The number of hydrogen-bond acceptors (Lipinski definition) is 2. The van der Waals surface area contributed by atoms with Crippen LogP contribution in [0.4, 0.5) is 0 Å². The summed E-state index contributed by atoms with van der Waals surface area (Å²) in [6, 6.07) is 0. The summed E-state index contributed by atoms with van der Waals surface area (Å²) in [5, 5.41) is 3.01. The van der Waals surface area contributed by atoms with E-state index in [0.29, 0.717) is 5.92 Å². The van der Waals surface area contributed by atoms with Crippen molar-refractivity contribution in [1.82, 2.24) is 0 Å². The number of nitrogens with zero attached hydrogens (tertiary/aromatic N) is 1. The van der Waals surface area contributed by atoms with Crippen LogP contribution < -0.4 is 0 Å². The molecule has 9 heavy (non-hydrogen) atoms. The van der Waals surface area contributed by atoms with Gasteiger partial charge < -0.3 is 0 Å². The van der Waals surface area contributed by atoms with Crippen molar-refractivity contribution < 1.29 is 0 Å². The minimum absolute atomic E-state index is 0.367. The first-order valence-electron chi connectivity index (χ1n) is 3.32. The van der Waals surface area contributed by atoms with Crippen LogP contribution in [0, 0.1) is 10.8 Å². The molecule has 0 saturated heterocycles. The van der Waals surface area contributed by atoms with Crippen LogP contribution in [-0.4, -0.2) is 5.54 Å². The molecule has 0 unspecified atom stereocenters. The average Bonchev–Trinajstić information content (AvgIpc) is 1.63. The Kier molecular flexibility index (Phi) is 2.82. The number of rotatable bonds is 3. The topological polar surface area (TPSA) is 29.4 Å². The Balaban J connectivity index is 3.71. The minimum atomic E-state index is -0.367. The van der Waals surface area contributed by atoms with Crippen molar-refractivity contribution in [2.75, 3.05) is 0 Å². The van der Waals surface area contributed by atoms with Crippen LogP contribution in [-0.2, 0) is 0 Å². The Bertz CT molecular complexity index is 97.1. The molecule has 0 heterocycles. The minimum Gasteiger partial charge on any atom is -0.150 e. The molecule has 0 rings (SSSR count). The molecule has 0 amide bonds. The molecule has 0 fully saturated rings. The largest absolute Gasteiger partial charge is 0.150 e. The van der Waals surface area contributed by atoms with Gasteiger partial charge in [0.15, 0.2) is 0 Å². The van der Waals surface area contributed by atoms with Gasteiger partial charge in [-0.15, -0.1) is 0 Å². The first-order valence-corrected chi connectivity index (χ1v) is 3.32. The van der Waals surface area contributed by atoms with Crippen LogP contribution in [0.2, 0.25) is 0 Å². The second-order valence-corrected chi connectivity index (χ2v) is 3.50. The molecule has 0 atom stereocenters. The molecule has 0 spiro atoms. The lowest BCUT2D eigenvalue weighted by atomic mass is 9.94. The second kappa shape index (κ2) is 2.95. The van der Waals surface area contributed by atoms with E-state index in [-0.39, 0.29) is 5.54 Å². The highest BCUT2D eigenvalue weighted by Gasteiger charge is 2.18. The van der Waals surface area contributed by atoms with Gasteiger partial charge in [0.2, 0.25) is 0 Å². The van der Waals surface area contributed by atoms with Gasteiger partial charge in [0.25, 0.3) is 0 Å². The molecule has 0 bridgehead atoms. The third kappa shape index (κ3) is 4.13. The Labute approximate surface area is 56.6 Å². The van der Waals surface area contributed by atoms with Crippen molar-refractivity contribution >= 4 is 0 Å². The third-order valence-electron chi connectivity index (χ3n) is 1.15. The predicted octanol–water partition coefficient (Wildman–Crippen LogP) is 2.58. The van der Waals surface area contributed by atoms with E-state index in [1.54, 1.807) is 0 Å². The average molecular weight is 129 g/mol. The fraction of sp³-hybridized carbons (Fsp3) is 1.00. The Morgan fingerprint density at radius 3 is 2.00 bits per heavy atom. The van der Waals surface area contributed by atoms with Crippen molar-refractivity contribution in [3.05, 3.63) is 4.91 Å². The summed E-state index contributed by atoms with van der Waals surface area (Å²) in [5.41, 5.74) is -0.367. The third-order valence-corrected chi connectivity index (χ3v) is 1.15. The molecule has 2 nitrogen and oxygen atoms in total. The maximum Gasteiger partial charge on any atom is 0.0973 e. The van der Waals surface area contributed by atoms with Crippen LogP contribution >= 0.6 is 0 Å². The van der Waals surface area contributed by atoms with Gasteiger partial charge in [0, 0.05) is 0 Å². The standard InChI is InChI=1S/C7H15NO/c1-6(2)5-7(3,4)8-9/h6H,5H2,1-4H3. The normalized spacial score (nSPS) is 12.1. The molecule has 0 aliphatic rings. The SMILES string of the molecule is CC(C)CC(C)(C)N=O. The maximum atomic E-state index is 10.1. The second-order valence-electron chi connectivity index (χ2n) is 3.50. The van der Waals surface area contributed by atoms with Crippen molar-refractivity contribution in [2.45, 2.75) is 39.7 Å². The molecule has 0 aromatic carbocycles. The van der Waals surface area contributed by atoms with Crippen LogP contribution in [0.3, 0.4) is 0 Å². The summed E-state index contributed by atoms with van der Waals surface area (Å²) in [6.07, 6.45) is 0.872. The molecule has 0 aromatic rings. The molecule has 54 valence electrons. The lowest BCUT2D eigenvalue weighted by Crippen LogP contribution is -2.18. The highest BCUT2D eigenvalue weighted by Crippen LogP contribution is 2.18. The number of hydrogen-bond donors (Lipinski definition) is 0. The van der Waals surface area contributed by atoms with Crippen molar-refractivity contribution in [2.24, 2.45) is 11.1 Å². The molecule has 2 heteroatoms. The molecular formula is C7H15NO. The quantitative estimate of drug-likeness (QED) is 0.538. The Hall–Kier alpha value is -0.400. The zero-order valence-corrected chi connectivity index (χ0v) is 6.64. The van der Waals surface area contributed by atoms with Gasteiger partial charge in [-0.2, -0.15) is 4.91 Å². The molecule has 0 aliphatic heterocycles. The van der Waals surface area contributed by atoms with E-state index >= 15 is 0 Å². The van der Waals surface area contributed by atoms with Crippen molar-refractivity contribution in [3.8, 4) is 0 Å². The summed E-state index contributed by atoms with van der Waals surface area (Å²) in [4.78, 5) is 10.1. The molecule has 0 saturated carbocycles. The van der Waals surface area contributed by atoms with Crippen molar-refractivity contribution in [1.29, 1.82) is 0 Å². The summed E-state index contributed by atoms with van der Waals surface area (Å²) >= 11 is 0.